The molecule has 0 unspecified atom stereocenters. The Morgan fingerprint density at radius 3 is 2.60 bits per heavy atom. The average molecular weight is 352 g/mol. The van der Waals surface area contributed by atoms with Gasteiger partial charge in [0.25, 0.3) is 0 Å². The number of piperidine rings is 1. The number of hydrogen-bond donors (Lipinski definition) is 1. The van der Waals surface area contributed by atoms with Crippen molar-refractivity contribution in [1.82, 2.24) is 4.90 Å². The number of carbonyl (C=O) groups excluding carboxylic acids is 1. The van der Waals surface area contributed by atoms with Gasteiger partial charge in [0, 0.05) is 18.5 Å². The molecular formula is C17H24N2O6. The molecule has 1 amide bonds. The van der Waals surface area contributed by atoms with Crippen molar-refractivity contribution in [1.29, 1.82) is 0 Å². The number of aliphatic hydroxyl groups is 1. The Hall–Kier alpha value is -2.35. The lowest BCUT2D eigenvalue weighted by atomic mass is 9.87. The molecule has 0 aromatic heterocycles. The van der Waals surface area contributed by atoms with Gasteiger partial charge in [-0.2, -0.15) is 0 Å². The van der Waals surface area contributed by atoms with Crippen molar-refractivity contribution in [3.05, 3.63) is 33.9 Å². The van der Waals surface area contributed by atoms with Crippen LogP contribution in [-0.4, -0.2) is 52.9 Å². The molecule has 0 spiro atoms. The van der Waals surface area contributed by atoms with Crippen molar-refractivity contribution in [2.45, 2.75) is 44.8 Å². The number of nitro benzene ring substituents is 1. The van der Waals surface area contributed by atoms with E-state index < -0.39 is 22.7 Å². The van der Waals surface area contributed by atoms with E-state index >= 15 is 0 Å². The topological polar surface area (TPSA) is 102 Å². The number of hydrogen-bond acceptors (Lipinski definition) is 6. The largest absolute Gasteiger partial charge is 0.490 e. The van der Waals surface area contributed by atoms with Gasteiger partial charge in [-0.3, -0.25) is 10.1 Å². The van der Waals surface area contributed by atoms with Crippen molar-refractivity contribution in [2.75, 3.05) is 20.2 Å². The first-order valence-electron chi connectivity index (χ1n) is 8.10. The Morgan fingerprint density at radius 1 is 1.40 bits per heavy atom. The molecule has 0 aliphatic carbocycles. The minimum Gasteiger partial charge on any atom is -0.490 e. The van der Waals surface area contributed by atoms with Gasteiger partial charge in [0.2, 0.25) is 0 Å². The fourth-order valence-electron chi connectivity index (χ4n) is 2.89. The lowest BCUT2D eigenvalue weighted by Gasteiger charge is -2.36. The van der Waals surface area contributed by atoms with Crippen LogP contribution in [0.15, 0.2) is 18.2 Å². The van der Waals surface area contributed by atoms with Crippen molar-refractivity contribution < 1.29 is 24.3 Å². The summed E-state index contributed by atoms with van der Waals surface area (Å²) >= 11 is 0. The second kappa shape index (κ2) is 7.26. The zero-order valence-electron chi connectivity index (χ0n) is 14.9. The van der Waals surface area contributed by atoms with Crippen molar-refractivity contribution >= 4 is 11.8 Å². The molecule has 2 atom stereocenters. The maximum absolute atomic E-state index is 12.1. The quantitative estimate of drug-likeness (QED) is 0.663. The van der Waals surface area contributed by atoms with Crippen molar-refractivity contribution in [3.8, 4) is 5.75 Å². The van der Waals surface area contributed by atoms with Crippen LogP contribution >= 0.6 is 0 Å². The molecule has 8 nitrogen and oxygen atoms in total. The summed E-state index contributed by atoms with van der Waals surface area (Å²) in [7, 11) is 1.37. The standard InChI is InChI=1S/C17H24N2O6/c1-17(2,3)25-16(21)18-8-7-12(14(20)10-18)11-5-6-13(19(22)23)15(9-11)24-4/h5-6,9,12,14,20H,7-8,10H2,1-4H3/t12-,14+/m1/s1. The van der Waals surface area contributed by atoms with Gasteiger partial charge in [-0.05, 0) is 38.8 Å². The molecule has 1 aliphatic rings. The molecule has 1 heterocycles. The van der Waals surface area contributed by atoms with E-state index in [0.717, 1.165) is 5.56 Å². The van der Waals surface area contributed by atoms with Gasteiger partial charge in [0.1, 0.15) is 5.60 Å². The normalized spacial score (nSPS) is 20.9. The minimum absolute atomic E-state index is 0.119. The number of amides is 1. The summed E-state index contributed by atoms with van der Waals surface area (Å²) in [5, 5.41) is 21.4. The molecule has 0 saturated carbocycles. The molecule has 2 rings (SSSR count). The Bertz CT molecular complexity index is 655. The number of rotatable bonds is 3. The number of aliphatic hydroxyl groups excluding tert-OH is 1. The maximum Gasteiger partial charge on any atom is 0.410 e. The average Bonchev–Trinajstić information content (AvgIpc) is 2.52. The molecular weight excluding hydrogens is 328 g/mol. The zero-order chi connectivity index (χ0) is 18.8. The van der Waals surface area contributed by atoms with E-state index in [1.807, 2.05) is 0 Å². The van der Waals surface area contributed by atoms with Crippen LogP contribution in [-0.2, 0) is 4.74 Å². The maximum atomic E-state index is 12.1. The molecule has 1 N–H and O–H groups in total. The van der Waals surface area contributed by atoms with E-state index in [1.54, 1.807) is 32.9 Å². The molecule has 1 aromatic rings. The highest BCUT2D eigenvalue weighted by Crippen LogP contribution is 2.35. The molecule has 1 aliphatic heterocycles. The predicted octanol–water partition coefficient (Wildman–Crippen LogP) is 2.69. The zero-order valence-corrected chi connectivity index (χ0v) is 14.9. The summed E-state index contributed by atoms with van der Waals surface area (Å²) in [6.07, 6.45) is -0.708. The van der Waals surface area contributed by atoms with Gasteiger partial charge in [0.15, 0.2) is 5.75 Å². The van der Waals surface area contributed by atoms with E-state index in [2.05, 4.69) is 0 Å². The van der Waals surface area contributed by atoms with Crippen LogP contribution in [0.5, 0.6) is 5.75 Å². The monoisotopic (exact) mass is 352 g/mol. The number of β-amino-alcohol motifs (C(OH)–C–C–N with tert-alkyl or cyclic N) is 1. The van der Waals surface area contributed by atoms with Gasteiger partial charge in [-0.25, -0.2) is 4.79 Å². The van der Waals surface area contributed by atoms with Crippen LogP contribution in [0.1, 0.15) is 38.7 Å². The first kappa shape index (κ1) is 19.0. The molecule has 1 saturated heterocycles. The molecule has 25 heavy (non-hydrogen) atoms. The summed E-state index contributed by atoms with van der Waals surface area (Å²) in [4.78, 5) is 24.1. The lowest BCUT2D eigenvalue weighted by molar-refractivity contribution is -0.385. The Labute approximate surface area is 146 Å². The number of carbonyl (C=O) groups is 1. The van der Waals surface area contributed by atoms with Gasteiger partial charge in [-0.15, -0.1) is 0 Å². The predicted molar refractivity (Wildman–Crippen MR) is 90.8 cm³/mol. The van der Waals surface area contributed by atoms with Crippen LogP contribution in [0.2, 0.25) is 0 Å². The molecule has 1 aromatic carbocycles. The summed E-state index contributed by atoms with van der Waals surface area (Å²) in [6.45, 7) is 5.96. The van der Waals surface area contributed by atoms with E-state index in [9.17, 15) is 20.0 Å². The highest BCUT2D eigenvalue weighted by Gasteiger charge is 2.34. The number of nitrogens with zero attached hydrogens (tertiary/aromatic N) is 2. The molecule has 0 radical (unpaired) electrons. The Morgan fingerprint density at radius 2 is 2.08 bits per heavy atom. The van der Waals surface area contributed by atoms with E-state index in [0.29, 0.717) is 13.0 Å². The van der Waals surface area contributed by atoms with Gasteiger partial charge in [-0.1, -0.05) is 6.07 Å². The highest BCUT2D eigenvalue weighted by atomic mass is 16.6. The molecule has 138 valence electrons. The Kier molecular flexibility index (Phi) is 5.52. The third kappa shape index (κ3) is 4.60. The fraction of sp³-hybridized carbons (Fsp3) is 0.588. The van der Waals surface area contributed by atoms with Crippen LogP contribution in [0.4, 0.5) is 10.5 Å². The van der Waals surface area contributed by atoms with Gasteiger partial charge < -0.3 is 19.5 Å². The van der Waals surface area contributed by atoms with Crippen molar-refractivity contribution in [3.63, 3.8) is 0 Å². The van der Waals surface area contributed by atoms with Gasteiger partial charge in [0.05, 0.1) is 24.7 Å². The number of likely N-dealkylation sites (tertiary alicyclic amines) is 1. The first-order chi connectivity index (χ1) is 11.6. The number of ether oxygens (including phenoxy) is 2. The van der Waals surface area contributed by atoms with E-state index in [-0.39, 0.29) is 23.9 Å². The highest BCUT2D eigenvalue weighted by molar-refractivity contribution is 5.68. The first-order valence-corrected chi connectivity index (χ1v) is 8.10. The van der Waals surface area contributed by atoms with Crippen LogP contribution < -0.4 is 4.74 Å². The summed E-state index contributed by atoms with van der Waals surface area (Å²) in [5.74, 6) is -0.0716. The number of nitro groups is 1. The van der Waals surface area contributed by atoms with Crippen LogP contribution in [0.25, 0.3) is 0 Å². The molecule has 0 bridgehead atoms. The second-order valence-electron chi connectivity index (χ2n) is 7.08. The number of methoxy groups -OCH3 is 1. The SMILES string of the molecule is COc1cc([C@H]2CCN(C(=O)OC(C)(C)C)C[C@@H]2O)ccc1[N+](=O)[O-]. The van der Waals surface area contributed by atoms with E-state index in [1.165, 1.54) is 18.1 Å². The summed E-state index contributed by atoms with van der Waals surface area (Å²) in [5.41, 5.74) is 0.0377. The van der Waals surface area contributed by atoms with Crippen LogP contribution in [0, 0.1) is 10.1 Å². The minimum atomic E-state index is -0.785. The number of benzene rings is 1. The van der Waals surface area contributed by atoms with E-state index in [4.69, 9.17) is 9.47 Å². The smallest absolute Gasteiger partial charge is 0.410 e. The van der Waals surface area contributed by atoms with Gasteiger partial charge >= 0.3 is 11.8 Å². The second-order valence-corrected chi connectivity index (χ2v) is 7.08. The summed E-state index contributed by atoms with van der Waals surface area (Å²) < 4.78 is 10.4. The summed E-state index contributed by atoms with van der Waals surface area (Å²) in [6, 6.07) is 4.58. The fourth-order valence-corrected chi connectivity index (χ4v) is 2.89. The van der Waals surface area contributed by atoms with Crippen LogP contribution in [0.3, 0.4) is 0 Å². The lowest BCUT2D eigenvalue weighted by Crippen LogP contribution is -2.47. The third-order valence-corrected chi connectivity index (χ3v) is 4.06. The van der Waals surface area contributed by atoms with Crippen molar-refractivity contribution in [2.24, 2.45) is 0 Å². The molecule has 1 fully saturated rings. The Balaban J connectivity index is 2.11. The molecule has 8 heteroatoms. The third-order valence-electron chi connectivity index (χ3n) is 4.06.